The average Bonchev–Trinajstić information content (AvgIpc) is 3.48. The molecule has 0 atom stereocenters. The third-order valence-corrected chi connectivity index (χ3v) is 6.30. The molecule has 7 nitrogen and oxygen atoms in total. The lowest BCUT2D eigenvalue weighted by molar-refractivity contribution is -0.133. The number of carbonyl (C=O) groups excluding carboxylic acids is 3. The molecule has 4 amide bonds. The fourth-order valence-corrected chi connectivity index (χ4v) is 4.79. The minimum Gasteiger partial charge on any atom is -0.323 e. The summed E-state index contributed by atoms with van der Waals surface area (Å²) in [7, 11) is 0. The maximum absolute atomic E-state index is 13.1. The normalized spacial score (nSPS) is 22.2. The average molecular weight is 362 g/mol. The predicted molar refractivity (Wildman–Crippen MR) is 93.1 cm³/mol. The van der Waals surface area contributed by atoms with E-state index in [0.717, 1.165) is 25.7 Å². The number of nitrogens with zero attached hydrogens (tertiary/aromatic N) is 3. The van der Waals surface area contributed by atoms with Crippen LogP contribution >= 0.6 is 11.3 Å². The van der Waals surface area contributed by atoms with Gasteiger partial charge in [-0.3, -0.25) is 19.4 Å². The molecule has 0 radical (unpaired) electrons. The fraction of sp³-hybridized carbons (Fsp3) is 0.647. The van der Waals surface area contributed by atoms with E-state index in [0.29, 0.717) is 29.2 Å². The highest BCUT2D eigenvalue weighted by Crippen LogP contribution is 2.54. The Bertz CT molecular complexity index is 726. The van der Waals surface area contributed by atoms with Crippen LogP contribution in [-0.2, 0) is 16.1 Å². The largest absolute Gasteiger partial charge is 0.325 e. The molecule has 0 bridgehead atoms. The molecule has 8 heteroatoms. The summed E-state index contributed by atoms with van der Waals surface area (Å²) in [6, 6.07) is -0.308. The molecule has 1 aromatic rings. The lowest BCUT2D eigenvalue weighted by Gasteiger charge is -2.26. The summed E-state index contributed by atoms with van der Waals surface area (Å²) in [5.74, 6) is 0.428. The zero-order valence-corrected chi connectivity index (χ0v) is 15.3. The summed E-state index contributed by atoms with van der Waals surface area (Å²) in [5.41, 5.74) is -0.0179. The van der Waals surface area contributed by atoms with Crippen LogP contribution in [0.5, 0.6) is 0 Å². The number of amides is 4. The number of hydrogen-bond donors (Lipinski definition) is 1. The number of imide groups is 1. The first-order valence-corrected chi connectivity index (χ1v) is 9.72. The van der Waals surface area contributed by atoms with Crippen molar-refractivity contribution in [1.29, 1.82) is 0 Å². The topological polar surface area (TPSA) is 82.6 Å². The highest BCUT2D eigenvalue weighted by molar-refractivity contribution is 7.14. The van der Waals surface area contributed by atoms with Gasteiger partial charge in [-0.15, -0.1) is 11.3 Å². The second kappa shape index (κ2) is 5.79. The van der Waals surface area contributed by atoms with Crippen LogP contribution < -0.4 is 10.2 Å². The van der Waals surface area contributed by atoms with E-state index in [1.807, 2.05) is 12.3 Å². The van der Waals surface area contributed by atoms with E-state index in [4.69, 9.17) is 0 Å². The molecule has 134 valence electrons. The molecule has 2 saturated carbocycles. The highest BCUT2D eigenvalue weighted by atomic mass is 32.1. The number of carbonyl (C=O) groups is 3. The minimum atomic E-state index is -0.662. The third kappa shape index (κ3) is 2.63. The van der Waals surface area contributed by atoms with Crippen molar-refractivity contribution >= 4 is 34.3 Å². The standard InChI is InChI=1S/C17H22N4O3S/c1-3-20(10(2)22)16-18-13(9-25-16)8-21-14(23)17(11-4-5-11,12-6-7-12)19-15(21)24/h9,11-12H,3-8H2,1-2H3,(H,19,24). The van der Waals surface area contributed by atoms with Gasteiger partial charge < -0.3 is 5.32 Å². The van der Waals surface area contributed by atoms with Gasteiger partial charge in [-0.25, -0.2) is 9.78 Å². The summed E-state index contributed by atoms with van der Waals surface area (Å²) < 4.78 is 0. The maximum Gasteiger partial charge on any atom is 0.325 e. The van der Waals surface area contributed by atoms with Crippen molar-refractivity contribution in [3.8, 4) is 0 Å². The van der Waals surface area contributed by atoms with E-state index in [1.165, 1.54) is 23.2 Å². The number of nitrogens with one attached hydrogen (secondary N) is 1. The van der Waals surface area contributed by atoms with Gasteiger partial charge in [-0.2, -0.15) is 0 Å². The Morgan fingerprint density at radius 3 is 2.52 bits per heavy atom. The van der Waals surface area contributed by atoms with Crippen LogP contribution in [0.25, 0.3) is 0 Å². The van der Waals surface area contributed by atoms with Gasteiger partial charge in [0, 0.05) is 18.8 Å². The zero-order chi connectivity index (χ0) is 17.8. The van der Waals surface area contributed by atoms with Crippen molar-refractivity contribution in [1.82, 2.24) is 15.2 Å². The van der Waals surface area contributed by atoms with Crippen molar-refractivity contribution in [3.05, 3.63) is 11.1 Å². The lowest BCUT2D eigenvalue weighted by Crippen LogP contribution is -2.51. The van der Waals surface area contributed by atoms with Gasteiger partial charge in [0.1, 0.15) is 5.54 Å². The summed E-state index contributed by atoms with van der Waals surface area (Å²) in [4.78, 5) is 44.5. The number of anilines is 1. The fourth-order valence-electron chi connectivity index (χ4n) is 3.87. The summed E-state index contributed by atoms with van der Waals surface area (Å²) in [5, 5.41) is 5.44. The predicted octanol–water partition coefficient (Wildman–Crippen LogP) is 2.13. The number of rotatable bonds is 6. The number of hydrogen-bond acceptors (Lipinski definition) is 5. The lowest BCUT2D eigenvalue weighted by atomic mass is 9.87. The maximum atomic E-state index is 13.1. The van der Waals surface area contributed by atoms with Crippen molar-refractivity contribution < 1.29 is 14.4 Å². The van der Waals surface area contributed by atoms with Gasteiger partial charge in [0.25, 0.3) is 5.91 Å². The molecule has 1 N–H and O–H groups in total. The first-order chi connectivity index (χ1) is 12.0. The monoisotopic (exact) mass is 362 g/mol. The summed E-state index contributed by atoms with van der Waals surface area (Å²) in [6.07, 6.45) is 4.06. The number of thiazole rings is 1. The second-order valence-electron chi connectivity index (χ2n) is 7.12. The Morgan fingerprint density at radius 1 is 1.36 bits per heavy atom. The zero-order valence-electron chi connectivity index (χ0n) is 14.4. The van der Waals surface area contributed by atoms with Crippen molar-refractivity contribution in [2.45, 2.75) is 51.6 Å². The molecule has 2 heterocycles. The summed E-state index contributed by atoms with van der Waals surface area (Å²) in [6.45, 7) is 4.09. The quantitative estimate of drug-likeness (QED) is 0.786. The Kier molecular flexibility index (Phi) is 3.82. The van der Waals surface area contributed by atoms with Gasteiger partial charge in [0.05, 0.1) is 12.2 Å². The molecule has 2 aliphatic carbocycles. The molecule has 4 rings (SSSR count). The van der Waals surface area contributed by atoms with Crippen molar-refractivity contribution in [2.24, 2.45) is 11.8 Å². The van der Waals surface area contributed by atoms with E-state index in [-0.39, 0.29) is 24.4 Å². The Morgan fingerprint density at radius 2 is 2.00 bits per heavy atom. The molecular weight excluding hydrogens is 340 g/mol. The van der Waals surface area contributed by atoms with Crippen LogP contribution in [0.15, 0.2) is 5.38 Å². The number of urea groups is 1. The van der Waals surface area contributed by atoms with E-state index < -0.39 is 5.54 Å². The molecule has 3 aliphatic rings. The van der Waals surface area contributed by atoms with E-state index in [2.05, 4.69) is 10.3 Å². The first-order valence-electron chi connectivity index (χ1n) is 8.84. The smallest absolute Gasteiger partial charge is 0.323 e. The van der Waals surface area contributed by atoms with Crippen molar-refractivity contribution in [2.75, 3.05) is 11.4 Å². The third-order valence-electron chi connectivity index (χ3n) is 5.39. The molecule has 0 unspecified atom stereocenters. The molecule has 3 fully saturated rings. The minimum absolute atomic E-state index is 0.0696. The molecule has 1 saturated heterocycles. The summed E-state index contributed by atoms with van der Waals surface area (Å²) >= 11 is 1.36. The number of aromatic nitrogens is 1. The SMILES string of the molecule is CCN(C(C)=O)c1nc(CN2C(=O)NC(C3CC3)(C3CC3)C2=O)cs1. The molecule has 0 spiro atoms. The van der Waals surface area contributed by atoms with Crippen LogP contribution in [0.3, 0.4) is 0 Å². The van der Waals surface area contributed by atoms with E-state index >= 15 is 0 Å². The van der Waals surface area contributed by atoms with Crippen LogP contribution in [0.4, 0.5) is 9.93 Å². The van der Waals surface area contributed by atoms with Gasteiger partial charge >= 0.3 is 6.03 Å². The Balaban J connectivity index is 1.53. The highest BCUT2D eigenvalue weighted by Gasteiger charge is 2.65. The van der Waals surface area contributed by atoms with Crippen LogP contribution in [-0.4, -0.2) is 39.8 Å². The molecule has 0 aromatic carbocycles. The van der Waals surface area contributed by atoms with Crippen LogP contribution in [0.2, 0.25) is 0 Å². The van der Waals surface area contributed by atoms with Crippen molar-refractivity contribution in [3.63, 3.8) is 0 Å². The Hall–Kier alpha value is -1.96. The first kappa shape index (κ1) is 16.5. The van der Waals surface area contributed by atoms with Crippen LogP contribution in [0.1, 0.15) is 45.2 Å². The van der Waals surface area contributed by atoms with Gasteiger partial charge in [-0.1, -0.05) is 0 Å². The van der Waals surface area contributed by atoms with E-state index in [9.17, 15) is 14.4 Å². The molecule has 25 heavy (non-hydrogen) atoms. The van der Waals surface area contributed by atoms with Gasteiger partial charge in [0.15, 0.2) is 5.13 Å². The second-order valence-corrected chi connectivity index (χ2v) is 7.96. The van der Waals surface area contributed by atoms with Crippen LogP contribution in [0, 0.1) is 11.8 Å². The molecular formula is C17H22N4O3S. The van der Waals surface area contributed by atoms with Gasteiger partial charge in [0.2, 0.25) is 5.91 Å². The molecule has 1 aliphatic heterocycles. The molecule has 1 aromatic heterocycles. The van der Waals surface area contributed by atoms with E-state index in [1.54, 1.807) is 4.90 Å². The Labute approximate surface area is 150 Å². The van der Waals surface area contributed by atoms with Gasteiger partial charge in [-0.05, 0) is 44.4 Å².